The average Bonchev–Trinajstić information content (AvgIpc) is 2.36. The van der Waals surface area contributed by atoms with Gasteiger partial charge in [-0.2, -0.15) is 0 Å². The molecular weight excluding hydrogens is 243 g/mol. The number of rotatable bonds is 10. The van der Waals surface area contributed by atoms with Crippen LogP contribution in [0.4, 0.5) is 0 Å². The molecule has 0 spiro atoms. The molecule has 0 aromatic carbocycles. The summed E-state index contributed by atoms with van der Waals surface area (Å²) >= 11 is 0. The molecule has 3 radical (unpaired) electrons. The van der Waals surface area contributed by atoms with Gasteiger partial charge in [-0.15, -0.1) is 6.58 Å². The molecule has 0 saturated heterocycles. The third-order valence-electron chi connectivity index (χ3n) is 2.92. The second-order valence-corrected chi connectivity index (χ2v) is 4.36. The normalized spacial score (nSPS) is 13.0. The molecule has 2 atom stereocenters. The fraction of sp³-hybridized carbons (Fsp3) is 0.714. The van der Waals surface area contributed by atoms with Crippen LogP contribution in [0.15, 0.2) is 12.7 Å². The fourth-order valence-corrected chi connectivity index (χ4v) is 1.59. The topological polar surface area (TPSA) is 52.6 Å². The number of Topliss-reactive ketones (excluding diaryl/α,β-unsaturated/α-hetero) is 1. The van der Waals surface area contributed by atoms with Gasteiger partial charge in [0.25, 0.3) is 0 Å². The van der Waals surface area contributed by atoms with Crippen molar-refractivity contribution < 1.29 is 19.1 Å². The zero-order valence-electron chi connectivity index (χ0n) is 12.2. The van der Waals surface area contributed by atoms with E-state index in [1.165, 1.54) is 7.11 Å². The molecule has 0 aliphatic heterocycles. The Morgan fingerprint density at radius 1 is 1.32 bits per heavy atom. The number of allylic oxidation sites excluding steroid dienone is 1. The highest BCUT2D eigenvalue weighted by Gasteiger charge is 2.15. The lowest BCUT2D eigenvalue weighted by Crippen LogP contribution is -2.22. The van der Waals surface area contributed by atoms with Crippen molar-refractivity contribution in [1.82, 2.24) is 0 Å². The molecule has 19 heavy (non-hydrogen) atoms. The van der Waals surface area contributed by atoms with Gasteiger partial charge in [0, 0.05) is 21.4 Å². The van der Waals surface area contributed by atoms with Gasteiger partial charge < -0.3 is 9.47 Å². The summed E-state index contributed by atoms with van der Waals surface area (Å²) < 4.78 is 9.88. The van der Waals surface area contributed by atoms with E-state index in [2.05, 4.69) is 6.58 Å². The molecule has 2 unspecified atom stereocenters. The highest BCUT2D eigenvalue weighted by atomic mass is 16.6. The number of ketones is 1. The smallest absolute Gasteiger partial charge is 0.334 e. The molecule has 0 rings (SSSR count). The van der Waals surface area contributed by atoms with E-state index >= 15 is 0 Å². The third kappa shape index (κ3) is 9.48. The molecule has 0 aromatic rings. The van der Waals surface area contributed by atoms with Gasteiger partial charge in [-0.3, -0.25) is 4.79 Å². The Labute approximate surface area is 118 Å². The molecule has 107 valence electrons. The van der Waals surface area contributed by atoms with E-state index in [9.17, 15) is 9.59 Å². The van der Waals surface area contributed by atoms with Gasteiger partial charge in [0.15, 0.2) is 6.10 Å². The predicted molar refractivity (Wildman–Crippen MR) is 76.0 cm³/mol. The maximum atomic E-state index is 11.4. The van der Waals surface area contributed by atoms with Gasteiger partial charge in [-0.1, -0.05) is 6.08 Å². The molecule has 0 amide bonds. The van der Waals surface area contributed by atoms with Crippen molar-refractivity contribution in [2.45, 2.75) is 45.6 Å². The van der Waals surface area contributed by atoms with E-state index in [0.29, 0.717) is 13.0 Å². The fourth-order valence-electron chi connectivity index (χ4n) is 1.59. The standard InChI is InChI=1S/C14H24O4.B/c1-5-6-8-13(11(2)15)9-7-10-18-14(16)12(3)17-4;/h5,12-13H,1,6-10H2,2-4H3;. The number of carbonyl (C=O) groups excluding carboxylic acids is 2. The molecule has 0 aromatic heterocycles. The molecule has 0 heterocycles. The highest BCUT2D eigenvalue weighted by molar-refractivity contribution is 5.78. The van der Waals surface area contributed by atoms with Crippen molar-refractivity contribution in [2.24, 2.45) is 5.92 Å². The van der Waals surface area contributed by atoms with E-state index in [-0.39, 0.29) is 26.1 Å². The van der Waals surface area contributed by atoms with Crippen molar-refractivity contribution in [3.8, 4) is 0 Å². The molecular formula is C14H24BO4. The van der Waals surface area contributed by atoms with Crippen LogP contribution in [0.2, 0.25) is 0 Å². The summed E-state index contributed by atoms with van der Waals surface area (Å²) in [4.78, 5) is 22.7. The summed E-state index contributed by atoms with van der Waals surface area (Å²) in [7, 11) is 1.47. The molecule has 0 aliphatic rings. The lowest BCUT2D eigenvalue weighted by atomic mass is 9.94. The number of hydrogen-bond acceptors (Lipinski definition) is 4. The van der Waals surface area contributed by atoms with Crippen LogP contribution in [-0.4, -0.2) is 40.0 Å². The first-order valence-electron chi connectivity index (χ1n) is 6.33. The van der Waals surface area contributed by atoms with Crippen LogP contribution in [0.5, 0.6) is 0 Å². The Hall–Kier alpha value is -1.10. The summed E-state index contributed by atoms with van der Waals surface area (Å²) in [5, 5.41) is 0. The second-order valence-electron chi connectivity index (χ2n) is 4.36. The van der Waals surface area contributed by atoms with Crippen molar-refractivity contribution in [3.63, 3.8) is 0 Å². The monoisotopic (exact) mass is 267 g/mol. The number of hydrogen-bond donors (Lipinski definition) is 0. The van der Waals surface area contributed by atoms with Gasteiger partial charge in [0.2, 0.25) is 0 Å². The van der Waals surface area contributed by atoms with E-state index in [0.717, 1.165) is 19.3 Å². The van der Waals surface area contributed by atoms with E-state index in [1.54, 1.807) is 13.8 Å². The summed E-state index contributed by atoms with van der Waals surface area (Å²) in [6.45, 7) is 7.23. The highest BCUT2D eigenvalue weighted by Crippen LogP contribution is 2.15. The first kappa shape index (κ1) is 20.2. The second kappa shape index (κ2) is 12.0. The Morgan fingerprint density at radius 3 is 2.42 bits per heavy atom. The average molecular weight is 267 g/mol. The van der Waals surface area contributed by atoms with Crippen molar-refractivity contribution in [3.05, 3.63) is 12.7 Å². The summed E-state index contributed by atoms with van der Waals surface area (Å²) in [5.74, 6) is -0.127. The molecule has 0 N–H and O–H groups in total. The van der Waals surface area contributed by atoms with Crippen LogP contribution in [0.3, 0.4) is 0 Å². The number of ether oxygens (including phenoxy) is 2. The number of carbonyl (C=O) groups is 2. The first-order valence-corrected chi connectivity index (χ1v) is 6.33. The van der Waals surface area contributed by atoms with Crippen LogP contribution < -0.4 is 0 Å². The first-order chi connectivity index (χ1) is 8.52. The minimum atomic E-state index is -0.533. The van der Waals surface area contributed by atoms with Crippen LogP contribution in [0.1, 0.15) is 39.5 Å². The lowest BCUT2D eigenvalue weighted by molar-refractivity contribution is -0.154. The van der Waals surface area contributed by atoms with Crippen molar-refractivity contribution in [2.75, 3.05) is 13.7 Å². The molecule has 0 saturated carbocycles. The van der Waals surface area contributed by atoms with E-state index in [1.807, 2.05) is 6.08 Å². The molecule has 0 fully saturated rings. The molecule has 4 nitrogen and oxygen atoms in total. The zero-order valence-corrected chi connectivity index (χ0v) is 12.2. The van der Waals surface area contributed by atoms with Crippen molar-refractivity contribution >= 4 is 20.2 Å². The largest absolute Gasteiger partial charge is 0.464 e. The molecule has 5 heteroatoms. The number of methoxy groups -OCH3 is 1. The van der Waals surface area contributed by atoms with Gasteiger partial charge in [0.1, 0.15) is 5.78 Å². The van der Waals surface area contributed by atoms with Gasteiger partial charge >= 0.3 is 5.97 Å². The zero-order chi connectivity index (χ0) is 14.0. The minimum Gasteiger partial charge on any atom is -0.464 e. The maximum Gasteiger partial charge on any atom is 0.334 e. The summed E-state index contributed by atoms with van der Waals surface area (Å²) in [6.07, 6.45) is 4.39. The van der Waals surface area contributed by atoms with Crippen LogP contribution >= 0.6 is 0 Å². The molecule has 0 bridgehead atoms. The number of esters is 1. The van der Waals surface area contributed by atoms with E-state index < -0.39 is 6.10 Å². The minimum absolute atomic E-state index is 0. The van der Waals surface area contributed by atoms with Gasteiger partial charge in [-0.05, 0) is 39.5 Å². The summed E-state index contributed by atoms with van der Waals surface area (Å²) in [5.41, 5.74) is 0. The molecule has 0 aliphatic carbocycles. The Balaban J connectivity index is 0. The van der Waals surface area contributed by atoms with Crippen molar-refractivity contribution in [1.29, 1.82) is 0 Å². The Kier molecular flexibility index (Phi) is 12.7. The lowest BCUT2D eigenvalue weighted by Gasteiger charge is -2.13. The SMILES string of the molecule is C=CCCC(CCCOC(=O)C(C)OC)C(C)=O.[B]. The Bertz CT molecular complexity index is 279. The quantitative estimate of drug-likeness (QED) is 0.263. The van der Waals surface area contributed by atoms with Crippen LogP contribution in [-0.2, 0) is 19.1 Å². The predicted octanol–water partition coefficient (Wildman–Crippen LogP) is 2.14. The third-order valence-corrected chi connectivity index (χ3v) is 2.92. The van der Waals surface area contributed by atoms with Crippen LogP contribution in [0.25, 0.3) is 0 Å². The van der Waals surface area contributed by atoms with Crippen LogP contribution in [0, 0.1) is 5.92 Å². The van der Waals surface area contributed by atoms with Gasteiger partial charge in [0.05, 0.1) is 6.61 Å². The Morgan fingerprint density at radius 2 is 1.95 bits per heavy atom. The summed E-state index contributed by atoms with van der Waals surface area (Å²) in [6, 6.07) is 0. The maximum absolute atomic E-state index is 11.4. The van der Waals surface area contributed by atoms with Gasteiger partial charge in [-0.25, -0.2) is 4.79 Å². The van der Waals surface area contributed by atoms with E-state index in [4.69, 9.17) is 9.47 Å².